The Labute approximate surface area is 108 Å². The van der Waals surface area contributed by atoms with Crippen molar-refractivity contribution in [1.29, 1.82) is 0 Å². The number of carbonyl (C=O) groups excluding carboxylic acids is 1. The van der Waals surface area contributed by atoms with Crippen LogP contribution >= 0.6 is 0 Å². The van der Waals surface area contributed by atoms with Crippen molar-refractivity contribution in [2.24, 2.45) is 11.3 Å². The lowest BCUT2D eigenvalue weighted by Gasteiger charge is -2.35. The summed E-state index contributed by atoms with van der Waals surface area (Å²) in [5, 5.41) is 3.19. The largest absolute Gasteiger partial charge is 0.353 e. The van der Waals surface area contributed by atoms with Gasteiger partial charge in [0.05, 0.1) is 13.2 Å². The molecule has 1 amide bonds. The molecule has 1 N–H and O–H groups in total. The van der Waals surface area contributed by atoms with Gasteiger partial charge >= 0.3 is 0 Å². The molecular weight excluding hydrogens is 230 g/mol. The van der Waals surface area contributed by atoms with Crippen molar-refractivity contribution in [3.05, 3.63) is 0 Å². The number of carbonyl (C=O) groups is 1. The molecule has 18 heavy (non-hydrogen) atoms. The van der Waals surface area contributed by atoms with E-state index in [0.29, 0.717) is 19.3 Å². The number of rotatable bonds is 2. The highest BCUT2D eigenvalue weighted by Crippen LogP contribution is 2.51. The Balaban J connectivity index is 1.47. The summed E-state index contributed by atoms with van der Waals surface area (Å²) in [6.45, 7) is 5.75. The average Bonchev–Trinajstić information content (AvgIpc) is 2.77. The van der Waals surface area contributed by atoms with Crippen LogP contribution in [0.25, 0.3) is 0 Å². The minimum absolute atomic E-state index is 0.220. The van der Waals surface area contributed by atoms with Gasteiger partial charge in [0.25, 0.3) is 0 Å². The van der Waals surface area contributed by atoms with E-state index in [2.05, 4.69) is 19.2 Å². The van der Waals surface area contributed by atoms with Crippen LogP contribution in [-0.4, -0.2) is 30.9 Å². The monoisotopic (exact) mass is 253 g/mol. The van der Waals surface area contributed by atoms with Crippen LogP contribution in [0.2, 0.25) is 0 Å². The first kappa shape index (κ1) is 12.4. The number of ether oxygens (including phenoxy) is 2. The Hall–Kier alpha value is -0.610. The fraction of sp³-hybridized carbons (Fsp3) is 0.929. The Morgan fingerprint density at radius 1 is 1.17 bits per heavy atom. The van der Waals surface area contributed by atoms with Crippen molar-refractivity contribution in [2.75, 3.05) is 13.2 Å². The second kappa shape index (κ2) is 4.20. The second-order valence-electron chi connectivity index (χ2n) is 6.64. The van der Waals surface area contributed by atoms with Crippen LogP contribution in [-0.2, 0) is 14.3 Å². The molecule has 3 fully saturated rings. The molecule has 2 saturated carbocycles. The molecule has 0 aromatic rings. The van der Waals surface area contributed by atoms with Crippen LogP contribution in [0.15, 0.2) is 0 Å². The van der Waals surface area contributed by atoms with Crippen LogP contribution in [0.3, 0.4) is 0 Å². The molecule has 4 nitrogen and oxygen atoms in total. The van der Waals surface area contributed by atoms with Crippen LogP contribution < -0.4 is 5.32 Å². The fourth-order valence-electron chi connectivity index (χ4n) is 3.20. The van der Waals surface area contributed by atoms with Gasteiger partial charge in [0.2, 0.25) is 5.91 Å². The normalized spacial score (nSPS) is 33.6. The zero-order valence-corrected chi connectivity index (χ0v) is 11.3. The molecule has 1 atom stereocenters. The third-order valence-electron chi connectivity index (χ3n) is 4.74. The highest BCUT2D eigenvalue weighted by atomic mass is 16.7. The highest BCUT2D eigenvalue weighted by Gasteiger charge is 2.51. The van der Waals surface area contributed by atoms with E-state index in [0.717, 1.165) is 32.1 Å². The van der Waals surface area contributed by atoms with E-state index in [-0.39, 0.29) is 23.0 Å². The van der Waals surface area contributed by atoms with Gasteiger partial charge in [-0.3, -0.25) is 4.79 Å². The van der Waals surface area contributed by atoms with Crippen molar-refractivity contribution < 1.29 is 14.3 Å². The van der Waals surface area contributed by atoms with Crippen molar-refractivity contribution in [2.45, 2.75) is 57.8 Å². The van der Waals surface area contributed by atoms with Crippen LogP contribution in [0, 0.1) is 11.3 Å². The number of amides is 1. The standard InChI is InChI=1S/C14H23NO3/c1-13(2)9-11(13)12(16)15-10-3-5-14(6-4-10)17-7-8-18-14/h10-11H,3-9H2,1-2H3,(H,15,16). The average molecular weight is 253 g/mol. The summed E-state index contributed by atoms with van der Waals surface area (Å²) in [6.07, 6.45) is 4.79. The van der Waals surface area contributed by atoms with Crippen LogP contribution in [0.1, 0.15) is 46.0 Å². The molecule has 3 rings (SSSR count). The zero-order valence-electron chi connectivity index (χ0n) is 11.3. The van der Waals surface area contributed by atoms with E-state index in [9.17, 15) is 4.79 Å². The van der Waals surface area contributed by atoms with Crippen molar-refractivity contribution in [3.8, 4) is 0 Å². The predicted molar refractivity (Wildman–Crippen MR) is 66.9 cm³/mol. The van der Waals surface area contributed by atoms with Gasteiger partial charge in [-0.25, -0.2) is 0 Å². The van der Waals surface area contributed by atoms with E-state index in [1.165, 1.54) is 0 Å². The fourth-order valence-corrected chi connectivity index (χ4v) is 3.20. The van der Waals surface area contributed by atoms with Gasteiger partial charge in [0, 0.05) is 24.8 Å². The molecule has 1 spiro atoms. The summed E-state index contributed by atoms with van der Waals surface area (Å²) >= 11 is 0. The molecule has 0 aromatic carbocycles. The number of hydrogen-bond donors (Lipinski definition) is 1. The zero-order chi connectivity index (χ0) is 12.8. The molecule has 3 aliphatic rings. The highest BCUT2D eigenvalue weighted by molar-refractivity contribution is 5.82. The maximum absolute atomic E-state index is 12.0. The van der Waals surface area contributed by atoms with Crippen molar-refractivity contribution in [3.63, 3.8) is 0 Å². The quantitative estimate of drug-likeness (QED) is 0.817. The van der Waals surface area contributed by atoms with Gasteiger partial charge in [-0.1, -0.05) is 13.8 Å². The summed E-state index contributed by atoms with van der Waals surface area (Å²) in [4.78, 5) is 12.0. The molecule has 0 aromatic heterocycles. The molecule has 4 heteroatoms. The van der Waals surface area contributed by atoms with E-state index in [1.807, 2.05) is 0 Å². The topological polar surface area (TPSA) is 47.6 Å². The van der Waals surface area contributed by atoms with Gasteiger partial charge in [0.15, 0.2) is 5.79 Å². The first-order chi connectivity index (χ1) is 8.51. The lowest BCUT2D eigenvalue weighted by molar-refractivity contribution is -0.180. The van der Waals surface area contributed by atoms with E-state index < -0.39 is 0 Å². The SMILES string of the molecule is CC1(C)CC1C(=O)NC1CCC2(CC1)OCCO2. The van der Waals surface area contributed by atoms with E-state index in [4.69, 9.17) is 9.47 Å². The number of hydrogen-bond acceptors (Lipinski definition) is 3. The van der Waals surface area contributed by atoms with Crippen LogP contribution in [0.4, 0.5) is 0 Å². The van der Waals surface area contributed by atoms with Gasteiger partial charge < -0.3 is 14.8 Å². The van der Waals surface area contributed by atoms with Crippen molar-refractivity contribution >= 4 is 5.91 Å². The summed E-state index contributed by atoms with van der Waals surface area (Å²) in [6, 6.07) is 0.312. The summed E-state index contributed by atoms with van der Waals surface area (Å²) in [7, 11) is 0. The maximum atomic E-state index is 12.0. The van der Waals surface area contributed by atoms with Gasteiger partial charge in [0.1, 0.15) is 0 Å². The van der Waals surface area contributed by atoms with Crippen LogP contribution in [0.5, 0.6) is 0 Å². The van der Waals surface area contributed by atoms with Gasteiger partial charge in [-0.15, -0.1) is 0 Å². The smallest absolute Gasteiger partial charge is 0.223 e. The first-order valence-electron chi connectivity index (χ1n) is 7.09. The number of nitrogens with one attached hydrogen (secondary N) is 1. The predicted octanol–water partition coefficient (Wildman–Crippen LogP) is 1.83. The Kier molecular flexibility index (Phi) is 2.90. The maximum Gasteiger partial charge on any atom is 0.223 e. The summed E-state index contributed by atoms with van der Waals surface area (Å²) < 4.78 is 11.4. The molecule has 1 saturated heterocycles. The van der Waals surface area contributed by atoms with Crippen molar-refractivity contribution in [1.82, 2.24) is 5.32 Å². The molecule has 102 valence electrons. The molecule has 0 bridgehead atoms. The molecule has 1 aliphatic heterocycles. The lowest BCUT2D eigenvalue weighted by Crippen LogP contribution is -2.44. The summed E-state index contributed by atoms with van der Waals surface area (Å²) in [5.74, 6) is 0.154. The van der Waals surface area contributed by atoms with Gasteiger partial charge in [-0.05, 0) is 24.7 Å². The first-order valence-corrected chi connectivity index (χ1v) is 7.09. The Bertz CT molecular complexity index is 337. The lowest BCUT2D eigenvalue weighted by atomic mass is 9.90. The molecule has 1 heterocycles. The third-order valence-corrected chi connectivity index (χ3v) is 4.74. The Morgan fingerprint density at radius 2 is 1.72 bits per heavy atom. The third kappa shape index (κ3) is 2.28. The molecule has 0 radical (unpaired) electrons. The van der Waals surface area contributed by atoms with E-state index >= 15 is 0 Å². The second-order valence-corrected chi connectivity index (χ2v) is 6.64. The van der Waals surface area contributed by atoms with E-state index in [1.54, 1.807) is 0 Å². The summed E-state index contributed by atoms with van der Waals surface area (Å²) in [5.41, 5.74) is 0.220. The van der Waals surface area contributed by atoms with Gasteiger partial charge in [-0.2, -0.15) is 0 Å². The minimum Gasteiger partial charge on any atom is -0.353 e. The minimum atomic E-state index is -0.319. The molecule has 2 aliphatic carbocycles. The molecule has 1 unspecified atom stereocenters. The molecular formula is C14H23NO3. The Morgan fingerprint density at radius 3 is 2.22 bits per heavy atom.